The van der Waals surface area contributed by atoms with Gasteiger partial charge in [0.05, 0.1) is 0 Å². The smallest absolute Gasteiger partial charge is 0.324 e. The average molecular weight is 308 g/mol. The van der Waals surface area contributed by atoms with E-state index in [2.05, 4.69) is 5.32 Å². The predicted octanol–water partition coefficient (Wildman–Crippen LogP) is 3.57. The van der Waals surface area contributed by atoms with E-state index in [0.717, 1.165) is 24.0 Å². The second-order valence-electron chi connectivity index (χ2n) is 6.49. The molecule has 2 aliphatic carbocycles. The van der Waals surface area contributed by atoms with Crippen LogP contribution < -0.4 is 5.32 Å². The number of benzene rings is 1. The molecule has 2 N–H and O–H groups in total. The first-order chi connectivity index (χ1) is 10.1. The summed E-state index contributed by atoms with van der Waals surface area (Å²) < 4.78 is 0. The summed E-state index contributed by atoms with van der Waals surface area (Å²) in [5, 5.41) is 14.0. The summed E-state index contributed by atoms with van der Waals surface area (Å²) in [6.07, 6.45) is 8.22. The van der Waals surface area contributed by atoms with Gasteiger partial charge >= 0.3 is 5.97 Å². The minimum atomic E-state index is -0.845. The number of hydrogen-bond donors (Lipinski definition) is 2. The summed E-state index contributed by atoms with van der Waals surface area (Å²) in [7, 11) is 0. The van der Waals surface area contributed by atoms with Crippen molar-refractivity contribution in [3.05, 3.63) is 34.3 Å². The molecule has 0 spiro atoms. The van der Waals surface area contributed by atoms with Gasteiger partial charge < -0.3 is 5.11 Å². The van der Waals surface area contributed by atoms with Crippen molar-refractivity contribution in [1.29, 1.82) is 0 Å². The number of nitrogens with one attached hydrogen (secondary N) is 1. The number of rotatable bonds is 3. The first-order valence-corrected chi connectivity index (χ1v) is 8.25. The fraction of sp³-hybridized carbons (Fsp3) is 0.588. The van der Waals surface area contributed by atoms with E-state index >= 15 is 0 Å². The van der Waals surface area contributed by atoms with Crippen LogP contribution in [0.1, 0.15) is 49.7 Å². The number of carboxylic acid groups (broad SMARTS) is 1. The molecule has 2 aliphatic rings. The zero-order valence-corrected chi connectivity index (χ0v) is 13.0. The van der Waals surface area contributed by atoms with Gasteiger partial charge in [-0.2, -0.15) is 0 Å². The largest absolute Gasteiger partial charge is 0.480 e. The van der Waals surface area contributed by atoms with Crippen molar-refractivity contribution in [3.8, 4) is 0 Å². The van der Waals surface area contributed by atoms with E-state index in [1.54, 1.807) is 0 Å². The van der Waals surface area contributed by atoms with Crippen LogP contribution in [0.2, 0.25) is 5.02 Å². The summed E-state index contributed by atoms with van der Waals surface area (Å²) in [6.45, 7) is 0. The van der Waals surface area contributed by atoms with Gasteiger partial charge in [0.2, 0.25) is 0 Å². The molecule has 21 heavy (non-hydrogen) atoms. The zero-order chi connectivity index (χ0) is 14.9. The molecule has 1 fully saturated rings. The van der Waals surface area contributed by atoms with Crippen molar-refractivity contribution < 1.29 is 9.90 Å². The number of hydrogen-bond acceptors (Lipinski definition) is 2. The highest BCUT2D eigenvalue weighted by atomic mass is 35.5. The highest BCUT2D eigenvalue weighted by Gasteiger charge is 2.45. The third-order valence-electron chi connectivity index (χ3n) is 4.90. The van der Waals surface area contributed by atoms with Crippen molar-refractivity contribution in [2.75, 3.05) is 0 Å². The Labute approximate surface area is 130 Å². The second kappa shape index (κ2) is 5.98. The van der Waals surface area contributed by atoms with E-state index < -0.39 is 11.5 Å². The number of aliphatic carboxylic acids is 1. The fourth-order valence-electron chi connectivity index (χ4n) is 3.77. The topological polar surface area (TPSA) is 49.3 Å². The Morgan fingerprint density at radius 3 is 2.48 bits per heavy atom. The summed E-state index contributed by atoms with van der Waals surface area (Å²) in [5.41, 5.74) is 1.34. The normalized spacial score (nSPS) is 26.3. The van der Waals surface area contributed by atoms with Crippen LogP contribution >= 0.6 is 11.6 Å². The minimum Gasteiger partial charge on any atom is -0.480 e. The van der Waals surface area contributed by atoms with Gasteiger partial charge in [0, 0.05) is 23.9 Å². The van der Waals surface area contributed by atoms with Gasteiger partial charge in [0.15, 0.2) is 0 Å². The quantitative estimate of drug-likeness (QED) is 0.839. The number of fused-ring (bicyclic) bond motifs is 1. The monoisotopic (exact) mass is 307 g/mol. The Morgan fingerprint density at radius 2 is 1.81 bits per heavy atom. The molecule has 1 aromatic carbocycles. The molecule has 1 atom stereocenters. The molecule has 0 radical (unpaired) electrons. The third kappa shape index (κ3) is 3.09. The molecule has 0 aliphatic heterocycles. The fourth-order valence-corrected chi connectivity index (χ4v) is 3.97. The number of carboxylic acids is 1. The molecule has 0 heterocycles. The molecule has 3 rings (SSSR count). The van der Waals surface area contributed by atoms with Crippen molar-refractivity contribution in [3.63, 3.8) is 0 Å². The molecule has 1 unspecified atom stereocenters. The Balaban J connectivity index is 1.80. The number of halogens is 1. The van der Waals surface area contributed by atoms with E-state index in [0.29, 0.717) is 23.9 Å². The maximum atomic E-state index is 11.9. The maximum Gasteiger partial charge on any atom is 0.324 e. The van der Waals surface area contributed by atoms with E-state index in [9.17, 15) is 9.90 Å². The van der Waals surface area contributed by atoms with Gasteiger partial charge in [-0.15, -0.1) is 0 Å². The summed E-state index contributed by atoms with van der Waals surface area (Å²) in [5.74, 6) is -0.737. The van der Waals surface area contributed by atoms with Crippen molar-refractivity contribution >= 4 is 17.6 Å². The van der Waals surface area contributed by atoms with Crippen molar-refractivity contribution in [1.82, 2.24) is 5.32 Å². The Hall–Kier alpha value is -1.06. The molecule has 1 saturated carbocycles. The predicted molar refractivity (Wildman–Crippen MR) is 83.9 cm³/mol. The van der Waals surface area contributed by atoms with Gasteiger partial charge in [0.1, 0.15) is 5.54 Å². The molecule has 0 bridgehead atoms. The van der Waals surface area contributed by atoms with Gasteiger partial charge in [-0.1, -0.05) is 43.4 Å². The second-order valence-corrected chi connectivity index (χ2v) is 6.92. The average Bonchev–Trinajstić information content (AvgIpc) is 2.62. The Bertz CT molecular complexity index is 538. The van der Waals surface area contributed by atoms with Crippen LogP contribution in [0.3, 0.4) is 0 Å². The molecular weight excluding hydrogens is 286 g/mol. The first-order valence-electron chi connectivity index (χ1n) is 7.87. The van der Waals surface area contributed by atoms with E-state index in [1.807, 2.05) is 18.2 Å². The standard InChI is InChI=1S/C17H22ClNO2/c18-14-8-7-12-10-17(16(20)21,11-13(12)9-14)19-15-5-3-1-2-4-6-15/h7-9,15,19H,1-6,10-11H2,(H,20,21). The van der Waals surface area contributed by atoms with Crippen LogP contribution in [0.15, 0.2) is 18.2 Å². The zero-order valence-electron chi connectivity index (χ0n) is 12.2. The van der Waals surface area contributed by atoms with Gasteiger partial charge in [-0.3, -0.25) is 10.1 Å². The third-order valence-corrected chi connectivity index (χ3v) is 5.13. The van der Waals surface area contributed by atoms with E-state index in [1.165, 1.54) is 25.7 Å². The van der Waals surface area contributed by atoms with Gasteiger partial charge in [-0.05, 0) is 36.1 Å². The molecule has 3 nitrogen and oxygen atoms in total. The SMILES string of the molecule is O=C(O)C1(NC2CCCCCC2)Cc2ccc(Cl)cc2C1. The highest BCUT2D eigenvalue weighted by molar-refractivity contribution is 6.30. The van der Waals surface area contributed by atoms with E-state index in [-0.39, 0.29) is 0 Å². The van der Waals surface area contributed by atoms with Gasteiger partial charge in [-0.25, -0.2) is 0 Å². The molecular formula is C17H22ClNO2. The first kappa shape index (κ1) is 14.9. The minimum absolute atomic E-state index is 0.327. The highest BCUT2D eigenvalue weighted by Crippen LogP contribution is 2.33. The molecule has 4 heteroatoms. The van der Waals surface area contributed by atoms with Crippen LogP contribution in [0, 0.1) is 0 Å². The molecule has 0 amide bonds. The molecule has 0 aromatic heterocycles. The van der Waals surface area contributed by atoms with Crippen LogP contribution in [-0.2, 0) is 17.6 Å². The van der Waals surface area contributed by atoms with Crippen LogP contribution in [0.5, 0.6) is 0 Å². The molecule has 0 saturated heterocycles. The molecule has 114 valence electrons. The van der Waals surface area contributed by atoms with Gasteiger partial charge in [0.25, 0.3) is 0 Å². The summed E-state index contributed by atoms with van der Waals surface area (Å²) in [6, 6.07) is 6.06. The maximum absolute atomic E-state index is 11.9. The van der Waals surface area contributed by atoms with Crippen molar-refractivity contribution in [2.24, 2.45) is 0 Å². The summed E-state index contributed by atoms with van der Waals surface area (Å²) >= 11 is 6.04. The lowest BCUT2D eigenvalue weighted by atomic mass is 9.93. The Kier molecular flexibility index (Phi) is 4.23. The van der Waals surface area contributed by atoms with Crippen LogP contribution in [-0.4, -0.2) is 22.7 Å². The van der Waals surface area contributed by atoms with Crippen molar-refractivity contribution in [2.45, 2.75) is 62.9 Å². The molecule has 1 aromatic rings. The lowest BCUT2D eigenvalue weighted by Gasteiger charge is -2.31. The van der Waals surface area contributed by atoms with Crippen LogP contribution in [0.4, 0.5) is 0 Å². The lowest BCUT2D eigenvalue weighted by molar-refractivity contribution is -0.145. The van der Waals surface area contributed by atoms with E-state index in [4.69, 9.17) is 11.6 Å². The summed E-state index contributed by atoms with van der Waals surface area (Å²) in [4.78, 5) is 11.9. The lowest BCUT2D eigenvalue weighted by Crippen LogP contribution is -2.56. The Morgan fingerprint density at radius 1 is 1.14 bits per heavy atom. The van der Waals surface area contributed by atoms with Crippen LogP contribution in [0.25, 0.3) is 0 Å². The number of carbonyl (C=O) groups is 1.